The predicted molar refractivity (Wildman–Crippen MR) is 108 cm³/mol. The Labute approximate surface area is 183 Å². The summed E-state index contributed by atoms with van der Waals surface area (Å²) in [6.07, 6.45) is -0.237. The lowest BCUT2D eigenvalue weighted by Gasteiger charge is -2.36. The van der Waals surface area contributed by atoms with E-state index in [0.717, 1.165) is 5.56 Å². The van der Waals surface area contributed by atoms with Crippen LogP contribution in [0.2, 0.25) is 0 Å². The molecule has 1 heterocycles. The molecule has 1 aliphatic heterocycles. The van der Waals surface area contributed by atoms with E-state index < -0.39 is 53.3 Å². The normalized spacial score (nSPS) is 15.7. The molecular weight excluding hydrogens is 427 g/mol. The highest BCUT2D eigenvalue weighted by atomic mass is 19.1. The maximum absolute atomic E-state index is 13.8. The average Bonchev–Trinajstić information content (AvgIpc) is 2.70. The van der Waals surface area contributed by atoms with Crippen LogP contribution in [-0.2, 0) is 27.3 Å². The van der Waals surface area contributed by atoms with Crippen LogP contribution in [0.4, 0.5) is 18.0 Å². The third-order valence-corrected chi connectivity index (χ3v) is 4.88. The fourth-order valence-corrected chi connectivity index (χ4v) is 3.44. The van der Waals surface area contributed by atoms with Crippen molar-refractivity contribution in [2.45, 2.75) is 45.4 Å². The van der Waals surface area contributed by atoms with Gasteiger partial charge in [0, 0.05) is 18.7 Å². The molecule has 1 amide bonds. The van der Waals surface area contributed by atoms with Crippen LogP contribution in [0.1, 0.15) is 43.5 Å². The quantitative estimate of drug-likeness (QED) is 0.631. The number of esters is 1. The van der Waals surface area contributed by atoms with E-state index in [9.17, 15) is 22.8 Å². The zero-order valence-corrected chi connectivity index (χ0v) is 18.2. The van der Waals surface area contributed by atoms with Gasteiger partial charge in [-0.1, -0.05) is 6.07 Å². The summed E-state index contributed by atoms with van der Waals surface area (Å²) in [7, 11) is 1.23. The van der Waals surface area contributed by atoms with E-state index in [4.69, 9.17) is 14.2 Å². The first-order valence-electron chi connectivity index (χ1n) is 9.96. The molecule has 0 spiro atoms. The minimum Gasteiger partial charge on any atom is -0.489 e. The number of rotatable bonds is 4. The molecule has 32 heavy (non-hydrogen) atoms. The van der Waals surface area contributed by atoms with E-state index in [2.05, 4.69) is 0 Å². The van der Waals surface area contributed by atoms with Crippen molar-refractivity contribution >= 4 is 12.1 Å². The fraction of sp³-hybridized carbons (Fsp3) is 0.391. The molecule has 6 nitrogen and oxygen atoms in total. The SMILES string of the molecule is COC(=O)[C@H]1c2ccc(OCc3c(F)cc(F)cc3F)cc2CCN1C(=O)OC(C)(C)C. The van der Waals surface area contributed by atoms with Gasteiger partial charge in [-0.25, -0.2) is 22.8 Å². The van der Waals surface area contributed by atoms with E-state index in [1.165, 1.54) is 18.1 Å². The molecule has 0 bridgehead atoms. The summed E-state index contributed by atoms with van der Waals surface area (Å²) in [4.78, 5) is 26.4. The summed E-state index contributed by atoms with van der Waals surface area (Å²) >= 11 is 0. The first kappa shape index (κ1) is 23.4. The molecule has 2 aromatic carbocycles. The number of ether oxygens (including phenoxy) is 3. The van der Waals surface area contributed by atoms with Gasteiger partial charge < -0.3 is 14.2 Å². The minimum atomic E-state index is -1.04. The van der Waals surface area contributed by atoms with E-state index in [1.807, 2.05) is 0 Å². The number of fused-ring (bicyclic) bond motifs is 1. The van der Waals surface area contributed by atoms with Gasteiger partial charge in [-0.3, -0.25) is 4.90 Å². The second-order valence-corrected chi connectivity index (χ2v) is 8.35. The van der Waals surface area contributed by atoms with Gasteiger partial charge in [0.05, 0.1) is 12.7 Å². The van der Waals surface area contributed by atoms with Gasteiger partial charge in [0.25, 0.3) is 0 Å². The van der Waals surface area contributed by atoms with Gasteiger partial charge in [0.1, 0.15) is 35.4 Å². The molecule has 0 radical (unpaired) electrons. The minimum absolute atomic E-state index is 0.201. The summed E-state index contributed by atoms with van der Waals surface area (Å²) in [5, 5.41) is 0. The molecule has 2 aromatic rings. The molecule has 0 aliphatic carbocycles. The molecule has 0 unspecified atom stereocenters. The van der Waals surface area contributed by atoms with Crippen molar-refractivity contribution in [3.63, 3.8) is 0 Å². The van der Waals surface area contributed by atoms with Crippen LogP contribution < -0.4 is 4.74 Å². The Morgan fingerprint density at radius 1 is 1.09 bits per heavy atom. The molecule has 1 aliphatic rings. The number of nitrogens with zero attached hydrogens (tertiary/aromatic N) is 1. The Morgan fingerprint density at radius 2 is 1.75 bits per heavy atom. The molecule has 9 heteroatoms. The Bertz CT molecular complexity index is 1010. The highest BCUT2D eigenvalue weighted by Gasteiger charge is 2.39. The van der Waals surface area contributed by atoms with E-state index in [1.54, 1.807) is 32.9 Å². The van der Waals surface area contributed by atoms with Crippen LogP contribution >= 0.6 is 0 Å². The zero-order chi connectivity index (χ0) is 23.6. The van der Waals surface area contributed by atoms with E-state index in [-0.39, 0.29) is 6.54 Å². The summed E-state index contributed by atoms with van der Waals surface area (Å²) in [5.41, 5.74) is 0.131. The summed E-state index contributed by atoms with van der Waals surface area (Å²) in [6, 6.07) is 4.92. The first-order chi connectivity index (χ1) is 15.0. The summed E-state index contributed by atoms with van der Waals surface area (Å²) in [6.45, 7) is 4.94. The Kier molecular flexibility index (Phi) is 6.66. The largest absolute Gasteiger partial charge is 0.489 e. The smallest absolute Gasteiger partial charge is 0.411 e. The van der Waals surface area contributed by atoms with Crippen molar-refractivity contribution in [3.8, 4) is 5.75 Å². The van der Waals surface area contributed by atoms with Crippen LogP contribution in [0.25, 0.3) is 0 Å². The monoisotopic (exact) mass is 451 g/mol. The van der Waals surface area contributed by atoms with Crippen LogP contribution in [0.3, 0.4) is 0 Å². The van der Waals surface area contributed by atoms with E-state index in [0.29, 0.717) is 29.9 Å². The standard InChI is InChI=1S/C23H24F3NO5/c1-23(2,3)32-22(29)27-8-7-13-9-15(5-6-16(13)20(27)21(28)30-4)31-12-17-18(25)10-14(24)11-19(17)26/h5-6,9-11,20H,7-8,12H2,1-4H3/t20-/m1/s1. The predicted octanol–water partition coefficient (Wildman–Crippen LogP) is 4.69. The van der Waals surface area contributed by atoms with Crippen molar-refractivity contribution in [3.05, 3.63) is 64.5 Å². The molecule has 0 saturated carbocycles. The Hall–Kier alpha value is -3.23. The highest BCUT2D eigenvalue weighted by Crippen LogP contribution is 2.34. The number of carbonyl (C=O) groups is 2. The first-order valence-corrected chi connectivity index (χ1v) is 9.96. The van der Waals surface area contributed by atoms with Gasteiger partial charge in [-0.05, 0) is 50.5 Å². The number of hydrogen-bond acceptors (Lipinski definition) is 5. The lowest BCUT2D eigenvalue weighted by atomic mass is 9.92. The number of hydrogen-bond donors (Lipinski definition) is 0. The Balaban J connectivity index is 1.84. The number of carbonyl (C=O) groups excluding carboxylic acids is 2. The van der Waals surface area contributed by atoms with Crippen LogP contribution in [0, 0.1) is 17.5 Å². The van der Waals surface area contributed by atoms with Gasteiger partial charge in [-0.2, -0.15) is 0 Å². The summed E-state index contributed by atoms with van der Waals surface area (Å²) in [5.74, 6) is -3.42. The number of amides is 1. The summed E-state index contributed by atoms with van der Waals surface area (Å²) < 4.78 is 56.6. The second-order valence-electron chi connectivity index (χ2n) is 8.35. The van der Waals surface area contributed by atoms with Gasteiger partial charge in [-0.15, -0.1) is 0 Å². The molecule has 1 atom stereocenters. The van der Waals surface area contributed by atoms with Crippen molar-refractivity contribution < 1.29 is 37.0 Å². The third-order valence-electron chi connectivity index (χ3n) is 4.88. The van der Waals surface area contributed by atoms with Crippen molar-refractivity contribution in [1.29, 1.82) is 0 Å². The maximum atomic E-state index is 13.8. The van der Waals surface area contributed by atoms with Crippen molar-refractivity contribution in [2.75, 3.05) is 13.7 Å². The zero-order valence-electron chi connectivity index (χ0n) is 18.2. The van der Waals surface area contributed by atoms with Crippen LogP contribution in [0.15, 0.2) is 30.3 Å². The number of methoxy groups -OCH3 is 1. The molecule has 172 valence electrons. The lowest BCUT2D eigenvalue weighted by molar-refractivity contribution is -0.147. The average molecular weight is 451 g/mol. The highest BCUT2D eigenvalue weighted by molar-refractivity contribution is 5.84. The molecule has 0 fully saturated rings. The van der Waals surface area contributed by atoms with Crippen LogP contribution in [-0.4, -0.2) is 36.2 Å². The molecule has 0 saturated heterocycles. The van der Waals surface area contributed by atoms with Crippen LogP contribution in [0.5, 0.6) is 5.75 Å². The van der Waals surface area contributed by atoms with Crippen molar-refractivity contribution in [1.82, 2.24) is 4.90 Å². The molecular formula is C23H24F3NO5. The van der Waals surface area contributed by atoms with Gasteiger partial charge in [0.15, 0.2) is 6.04 Å². The number of benzene rings is 2. The Morgan fingerprint density at radius 3 is 2.34 bits per heavy atom. The molecule has 0 aromatic heterocycles. The fourth-order valence-electron chi connectivity index (χ4n) is 3.44. The lowest BCUT2D eigenvalue weighted by Crippen LogP contribution is -2.46. The van der Waals surface area contributed by atoms with E-state index >= 15 is 0 Å². The molecule has 3 rings (SSSR count). The van der Waals surface area contributed by atoms with Gasteiger partial charge >= 0.3 is 12.1 Å². The topological polar surface area (TPSA) is 65.1 Å². The number of halogens is 3. The van der Waals surface area contributed by atoms with Gasteiger partial charge in [0.2, 0.25) is 0 Å². The maximum Gasteiger partial charge on any atom is 0.411 e. The third kappa shape index (κ3) is 5.15. The molecule has 0 N–H and O–H groups in total. The van der Waals surface area contributed by atoms with Crippen molar-refractivity contribution in [2.24, 2.45) is 0 Å². The second kappa shape index (κ2) is 9.10.